The average molecular weight is 284 g/mol. The van der Waals surface area contributed by atoms with Gasteiger partial charge in [0.25, 0.3) is 0 Å². The normalized spacial score (nSPS) is 15.9. The number of nitrogens with two attached hydrogens (primary N) is 1. The van der Waals surface area contributed by atoms with Crippen LogP contribution < -0.4 is 5.73 Å². The molecule has 0 aromatic heterocycles. The smallest absolute Gasteiger partial charge is 0.218 e. The molecule has 98 valence electrons. The Kier molecular flexibility index (Phi) is 3.70. The number of rotatable bonds is 5. The summed E-state index contributed by atoms with van der Waals surface area (Å²) in [5, 5.41) is 0. The van der Waals surface area contributed by atoms with E-state index in [-0.39, 0.29) is 16.8 Å². The molecular formula is C12H16N2O2S2. The Balaban J connectivity index is 2.18. The Hall–Kier alpha value is -0.980. The predicted octanol–water partition coefficient (Wildman–Crippen LogP) is 1.24. The molecule has 2 N–H and O–H groups in total. The molecule has 1 fully saturated rings. The van der Waals surface area contributed by atoms with Gasteiger partial charge in [-0.1, -0.05) is 30.4 Å². The second kappa shape index (κ2) is 4.95. The zero-order valence-electron chi connectivity index (χ0n) is 10.2. The predicted molar refractivity (Wildman–Crippen MR) is 75.7 cm³/mol. The van der Waals surface area contributed by atoms with Crippen molar-refractivity contribution >= 4 is 27.2 Å². The fourth-order valence-corrected chi connectivity index (χ4v) is 3.39. The maximum Gasteiger partial charge on any atom is 0.218 e. The molecule has 6 heteroatoms. The molecule has 0 bridgehead atoms. The van der Waals surface area contributed by atoms with Crippen LogP contribution in [0.3, 0.4) is 0 Å². The van der Waals surface area contributed by atoms with Gasteiger partial charge in [-0.25, -0.2) is 12.7 Å². The standard InChI is InChI=1S/C12H16N2O2S2/c1-14(11-5-6-11)18(15,16)8-9-3-2-4-10(7-9)12(13)17/h2-4,7,11H,5-6,8H2,1H3,(H2,13,17). The molecule has 0 spiro atoms. The third-order valence-corrected chi connectivity index (χ3v) is 5.17. The zero-order chi connectivity index (χ0) is 13.3. The molecule has 0 unspecified atom stereocenters. The SMILES string of the molecule is CN(C1CC1)S(=O)(=O)Cc1cccc(C(N)=S)c1. The molecule has 1 aromatic rings. The molecule has 0 amide bonds. The van der Waals surface area contributed by atoms with Gasteiger partial charge in [0.15, 0.2) is 0 Å². The van der Waals surface area contributed by atoms with Crippen LogP contribution in [0.2, 0.25) is 0 Å². The number of sulfonamides is 1. The topological polar surface area (TPSA) is 63.4 Å². The summed E-state index contributed by atoms with van der Waals surface area (Å²) in [6.07, 6.45) is 1.92. The van der Waals surface area contributed by atoms with Crippen molar-refractivity contribution in [1.82, 2.24) is 4.31 Å². The van der Waals surface area contributed by atoms with E-state index in [1.807, 2.05) is 0 Å². The van der Waals surface area contributed by atoms with Gasteiger partial charge >= 0.3 is 0 Å². The highest BCUT2D eigenvalue weighted by Crippen LogP contribution is 2.28. The molecule has 0 heterocycles. The minimum Gasteiger partial charge on any atom is -0.389 e. The van der Waals surface area contributed by atoms with Crippen molar-refractivity contribution in [2.75, 3.05) is 7.05 Å². The van der Waals surface area contributed by atoms with Crippen LogP contribution in [0.15, 0.2) is 24.3 Å². The van der Waals surface area contributed by atoms with Gasteiger partial charge in [-0.3, -0.25) is 0 Å². The highest BCUT2D eigenvalue weighted by atomic mass is 32.2. The van der Waals surface area contributed by atoms with Crippen molar-refractivity contribution in [3.05, 3.63) is 35.4 Å². The van der Waals surface area contributed by atoms with Gasteiger partial charge in [0.2, 0.25) is 10.0 Å². The maximum atomic E-state index is 12.1. The van der Waals surface area contributed by atoms with Crippen LogP contribution >= 0.6 is 12.2 Å². The van der Waals surface area contributed by atoms with Crippen molar-refractivity contribution in [3.63, 3.8) is 0 Å². The molecule has 1 saturated carbocycles. The molecule has 18 heavy (non-hydrogen) atoms. The lowest BCUT2D eigenvalue weighted by Gasteiger charge is -2.16. The molecule has 0 atom stereocenters. The third kappa shape index (κ3) is 3.07. The first kappa shape index (κ1) is 13.5. The van der Waals surface area contributed by atoms with Gasteiger partial charge in [0.05, 0.1) is 5.75 Å². The third-order valence-electron chi connectivity index (χ3n) is 3.06. The fraction of sp³-hybridized carbons (Fsp3) is 0.417. The van der Waals surface area contributed by atoms with E-state index in [1.165, 1.54) is 4.31 Å². The first-order valence-electron chi connectivity index (χ1n) is 5.74. The highest BCUT2D eigenvalue weighted by molar-refractivity contribution is 7.88. The molecule has 2 rings (SSSR count). The number of hydrogen-bond acceptors (Lipinski definition) is 3. The summed E-state index contributed by atoms with van der Waals surface area (Å²) in [6, 6.07) is 7.26. The number of benzene rings is 1. The summed E-state index contributed by atoms with van der Waals surface area (Å²) in [5.41, 5.74) is 6.95. The van der Waals surface area contributed by atoms with Crippen molar-refractivity contribution < 1.29 is 8.42 Å². The second-order valence-electron chi connectivity index (χ2n) is 4.57. The van der Waals surface area contributed by atoms with Crippen LogP contribution in [0.5, 0.6) is 0 Å². The van der Waals surface area contributed by atoms with Crippen molar-refractivity contribution in [2.45, 2.75) is 24.6 Å². The minimum absolute atomic E-state index is 0.00352. The van der Waals surface area contributed by atoms with E-state index in [1.54, 1.807) is 31.3 Å². The molecular weight excluding hydrogens is 268 g/mol. The average Bonchev–Trinajstić information content (AvgIpc) is 3.11. The molecule has 1 aliphatic rings. The van der Waals surface area contributed by atoms with Crippen molar-refractivity contribution in [2.24, 2.45) is 5.73 Å². The van der Waals surface area contributed by atoms with E-state index in [0.717, 1.165) is 12.8 Å². The van der Waals surface area contributed by atoms with E-state index in [4.69, 9.17) is 18.0 Å². The Labute approximate surface area is 113 Å². The summed E-state index contributed by atoms with van der Waals surface area (Å²) < 4.78 is 25.7. The van der Waals surface area contributed by atoms with Crippen LogP contribution in [0, 0.1) is 0 Å². The van der Waals surface area contributed by atoms with Crippen LogP contribution in [0.1, 0.15) is 24.0 Å². The van der Waals surface area contributed by atoms with Crippen LogP contribution in [-0.2, 0) is 15.8 Å². The summed E-state index contributed by atoms with van der Waals surface area (Å²) in [5.74, 6) is -0.00352. The Morgan fingerprint density at radius 2 is 2.17 bits per heavy atom. The van der Waals surface area contributed by atoms with E-state index < -0.39 is 10.0 Å². The first-order chi connectivity index (χ1) is 8.40. The van der Waals surface area contributed by atoms with Gasteiger partial charge in [-0.2, -0.15) is 0 Å². The monoisotopic (exact) mass is 284 g/mol. The van der Waals surface area contributed by atoms with Crippen molar-refractivity contribution in [3.8, 4) is 0 Å². The summed E-state index contributed by atoms with van der Waals surface area (Å²) in [7, 11) is -1.60. The lowest BCUT2D eigenvalue weighted by Crippen LogP contribution is -2.30. The summed E-state index contributed by atoms with van der Waals surface area (Å²) in [4.78, 5) is 0.282. The van der Waals surface area contributed by atoms with Crippen LogP contribution in [0.25, 0.3) is 0 Å². The summed E-state index contributed by atoms with van der Waals surface area (Å²) in [6.45, 7) is 0. The Morgan fingerprint density at radius 1 is 1.50 bits per heavy atom. The van der Waals surface area contributed by atoms with E-state index >= 15 is 0 Å². The van der Waals surface area contributed by atoms with Gasteiger partial charge in [-0.15, -0.1) is 0 Å². The second-order valence-corrected chi connectivity index (χ2v) is 7.04. The number of nitrogens with zero attached hydrogens (tertiary/aromatic N) is 1. The van der Waals surface area contributed by atoms with E-state index in [2.05, 4.69) is 0 Å². The van der Waals surface area contributed by atoms with Gasteiger partial charge in [0.1, 0.15) is 4.99 Å². The Bertz CT molecular complexity index is 565. The first-order valence-corrected chi connectivity index (χ1v) is 7.76. The zero-order valence-corrected chi connectivity index (χ0v) is 11.8. The lowest BCUT2D eigenvalue weighted by atomic mass is 10.1. The van der Waals surface area contributed by atoms with E-state index in [9.17, 15) is 8.42 Å². The van der Waals surface area contributed by atoms with Gasteiger partial charge < -0.3 is 5.73 Å². The van der Waals surface area contributed by atoms with Crippen LogP contribution in [-0.4, -0.2) is 30.8 Å². The quantitative estimate of drug-likeness (QED) is 0.826. The Morgan fingerprint density at radius 3 is 2.72 bits per heavy atom. The number of hydrogen-bond donors (Lipinski definition) is 1. The van der Waals surface area contributed by atoms with E-state index in [0.29, 0.717) is 11.1 Å². The molecule has 1 aliphatic carbocycles. The van der Waals surface area contributed by atoms with Crippen molar-refractivity contribution in [1.29, 1.82) is 0 Å². The fourth-order valence-electron chi connectivity index (χ4n) is 1.79. The van der Waals surface area contributed by atoms with Gasteiger partial charge in [-0.05, 0) is 24.5 Å². The number of thiocarbonyl (C=S) groups is 1. The lowest BCUT2D eigenvalue weighted by molar-refractivity contribution is 0.463. The molecule has 1 aromatic carbocycles. The largest absolute Gasteiger partial charge is 0.389 e. The van der Waals surface area contributed by atoms with Gasteiger partial charge in [0, 0.05) is 18.7 Å². The molecule has 0 radical (unpaired) electrons. The molecule has 4 nitrogen and oxygen atoms in total. The van der Waals surface area contributed by atoms with Crippen LogP contribution in [0.4, 0.5) is 0 Å². The molecule has 0 aliphatic heterocycles. The summed E-state index contributed by atoms with van der Waals surface area (Å²) >= 11 is 4.88. The maximum absolute atomic E-state index is 12.1. The molecule has 0 saturated heterocycles. The minimum atomic E-state index is -3.24. The highest BCUT2D eigenvalue weighted by Gasteiger charge is 2.33.